The van der Waals surface area contributed by atoms with Gasteiger partial charge in [0.15, 0.2) is 0 Å². The lowest BCUT2D eigenvalue weighted by Gasteiger charge is -2.38. The van der Waals surface area contributed by atoms with Crippen molar-refractivity contribution in [3.63, 3.8) is 0 Å². The van der Waals surface area contributed by atoms with E-state index in [0.717, 1.165) is 99.8 Å². The summed E-state index contributed by atoms with van der Waals surface area (Å²) >= 11 is 0. The number of benzene rings is 4. The molecule has 4 nitrogen and oxygen atoms in total. The number of H-pyrrole nitrogens is 4. The highest BCUT2D eigenvalue weighted by Gasteiger charge is 2.41. The molecule has 4 N–H and O–H groups in total. The average molecular weight is 921 g/mol. The molecule has 0 fully saturated rings. The molecule has 0 unspecified atom stereocenters. The fraction of sp³-hybridized carbons (Fsp3) is 0.226. The Hall–Kier alpha value is -6.97. The Balaban J connectivity index is 1.31. The molecule has 8 bridgehead atoms. The van der Waals surface area contributed by atoms with Gasteiger partial charge < -0.3 is 19.9 Å². The lowest BCUT2D eigenvalue weighted by Crippen LogP contribution is -2.43. The Morgan fingerprint density at radius 2 is 0.618 bits per heavy atom. The Kier molecular flexibility index (Phi) is 12.6. The molecular formula is C62H64N4Si2. The van der Waals surface area contributed by atoms with Gasteiger partial charge in [0.05, 0.1) is 0 Å². The van der Waals surface area contributed by atoms with Crippen LogP contribution in [0.15, 0.2) is 146 Å². The zero-order valence-corrected chi connectivity index (χ0v) is 43.6. The van der Waals surface area contributed by atoms with Gasteiger partial charge in [0.1, 0.15) is 16.1 Å². The number of hydrogen-bond acceptors (Lipinski definition) is 0. The quantitative estimate of drug-likeness (QED) is 0.0909. The minimum Gasteiger partial charge on any atom is -0.354 e. The fourth-order valence-corrected chi connectivity index (χ4v) is 16.1. The number of fused-ring (bicyclic) bond motifs is 8. The highest BCUT2D eigenvalue weighted by Crippen LogP contribution is 2.41. The van der Waals surface area contributed by atoms with Crippen LogP contribution in [-0.4, -0.2) is 36.1 Å². The Morgan fingerprint density at radius 3 is 0.897 bits per heavy atom. The molecule has 0 saturated heterocycles. The summed E-state index contributed by atoms with van der Waals surface area (Å²) in [5.41, 5.74) is 26.6. The summed E-state index contributed by atoms with van der Waals surface area (Å²) in [5.74, 6) is 7.15. The summed E-state index contributed by atoms with van der Waals surface area (Å²) in [6.45, 7) is 25.4. The summed E-state index contributed by atoms with van der Waals surface area (Å²) in [7, 11) is -3.44. The molecule has 1 aliphatic rings. The molecule has 0 atom stereocenters. The molecule has 0 spiro atoms. The molecule has 9 rings (SSSR count). The van der Waals surface area contributed by atoms with Gasteiger partial charge in [0, 0.05) is 77.6 Å². The maximum Gasteiger partial charge on any atom is 0.146 e. The lowest BCUT2D eigenvalue weighted by molar-refractivity contribution is 0.838. The second kappa shape index (κ2) is 18.6. The molecule has 0 saturated carbocycles. The van der Waals surface area contributed by atoms with Crippen molar-refractivity contribution in [2.45, 2.75) is 91.7 Å². The summed E-state index contributed by atoms with van der Waals surface area (Å²) < 4.78 is 0. The third-order valence-electron chi connectivity index (χ3n) is 13.8. The first-order valence-corrected chi connectivity index (χ1v) is 30.0. The molecule has 0 radical (unpaired) electrons. The Morgan fingerprint density at radius 1 is 0.338 bits per heavy atom. The molecule has 6 heteroatoms. The van der Waals surface area contributed by atoms with E-state index in [1.54, 1.807) is 0 Å². The molecule has 4 aromatic carbocycles. The van der Waals surface area contributed by atoms with Crippen LogP contribution >= 0.6 is 0 Å². The van der Waals surface area contributed by atoms with Gasteiger partial charge >= 0.3 is 0 Å². The second-order valence-corrected chi connectivity index (χ2v) is 31.0. The van der Waals surface area contributed by atoms with E-state index >= 15 is 0 Å². The van der Waals surface area contributed by atoms with E-state index in [1.165, 1.54) is 11.1 Å². The van der Waals surface area contributed by atoms with Gasteiger partial charge in [0.25, 0.3) is 0 Å². The van der Waals surface area contributed by atoms with E-state index in [0.29, 0.717) is 16.6 Å². The number of aromatic nitrogens is 4. The first-order chi connectivity index (χ1) is 32.6. The highest BCUT2D eigenvalue weighted by molar-refractivity contribution is 6.90. The van der Waals surface area contributed by atoms with Crippen LogP contribution in [0.1, 0.15) is 109 Å². The molecule has 68 heavy (non-hydrogen) atoms. The van der Waals surface area contributed by atoms with Gasteiger partial charge in [-0.15, -0.1) is 11.1 Å². The van der Waals surface area contributed by atoms with Crippen molar-refractivity contribution in [1.82, 2.24) is 19.9 Å². The molecule has 8 aromatic rings. The van der Waals surface area contributed by atoms with Crippen molar-refractivity contribution >= 4 is 38.4 Å². The van der Waals surface area contributed by atoms with Crippen molar-refractivity contribution < 1.29 is 0 Å². The molecule has 5 heterocycles. The van der Waals surface area contributed by atoms with Gasteiger partial charge in [-0.3, -0.25) is 0 Å². The van der Waals surface area contributed by atoms with Gasteiger partial charge in [-0.2, -0.15) is 0 Å². The van der Waals surface area contributed by atoms with E-state index in [-0.39, 0.29) is 0 Å². The minimum atomic E-state index is -1.90. The standard InChI is InChI=1S/C62H64N4Si2/c1-40(2)68(41(3)4,42(5)6)39-37-46-18-26-50(27-19-46)62-57-34-30-53(65-57)59(47-20-12-43(7)13-21-47)51-28-32-55(63-51)61(49-24-16-45(17-25-49)36-38-67(9,10)11)56-33-29-52(64-56)60(54-31-35-58(62)66-54)48-22-14-44(8)15-23-48/h12-35,40-42,63-66H,1-11H3. The number of aryl methyl sites for hydroxylation is 2. The van der Waals surface area contributed by atoms with E-state index in [4.69, 9.17) is 0 Å². The maximum atomic E-state index is 3.96. The Bertz CT molecular complexity index is 3500. The number of hydrogen-bond donors (Lipinski definition) is 4. The largest absolute Gasteiger partial charge is 0.354 e. The fourth-order valence-electron chi connectivity index (χ4n) is 10.3. The normalized spacial score (nSPS) is 13.0. The topological polar surface area (TPSA) is 63.2 Å². The summed E-state index contributed by atoms with van der Waals surface area (Å²) in [6, 6.07) is 53.1. The molecule has 0 amide bonds. The average Bonchev–Trinajstić information content (AvgIpc) is 4.16. The van der Waals surface area contributed by atoms with Crippen molar-refractivity contribution in [1.29, 1.82) is 0 Å². The van der Waals surface area contributed by atoms with E-state index in [1.807, 2.05) is 0 Å². The van der Waals surface area contributed by atoms with Crippen LogP contribution in [-0.2, 0) is 0 Å². The van der Waals surface area contributed by atoms with Crippen LogP contribution in [0.25, 0.3) is 22.3 Å². The van der Waals surface area contributed by atoms with Gasteiger partial charge in [-0.1, -0.05) is 157 Å². The first kappa shape index (κ1) is 46.2. The predicted octanol–water partition coefficient (Wildman–Crippen LogP) is 11.7. The predicted molar refractivity (Wildman–Crippen MR) is 292 cm³/mol. The van der Waals surface area contributed by atoms with Crippen LogP contribution in [0.4, 0.5) is 0 Å². The first-order valence-electron chi connectivity index (χ1n) is 24.3. The van der Waals surface area contributed by atoms with Crippen molar-refractivity contribution in [3.05, 3.63) is 234 Å². The van der Waals surface area contributed by atoms with E-state index in [2.05, 4.69) is 263 Å². The smallest absolute Gasteiger partial charge is 0.146 e. The SMILES string of the molecule is Cc1ccc(C2=c3ccc([nH]3)=C(c3ccc(C#C[Si](C)(C)C)cc3)c3ccc([nH]3)C(c3ccc(C)cc3)=c3ccc([nH]3)=C(c3ccc(C#C[Si](C(C)C)(C(C)C)C(C)C)cc3)c3ccc2[nH]3)cc1. The molecule has 1 aliphatic heterocycles. The molecule has 0 aliphatic carbocycles. The molecule has 4 aromatic heterocycles. The van der Waals surface area contributed by atoms with Gasteiger partial charge in [-0.25, -0.2) is 0 Å². The summed E-state index contributed by atoms with van der Waals surface area (Å²) in [5, 5.41) is 4.08. The monoisotopic (exact) mass is 920 g/mol. The van der Waals surface area contributed by atoms with Crippen LogP contribution in [0, 0.1) is 36.8 Å². The van der Waals surface area contributed by atoms with Crippen LogP contribution in [0.2, 0.25) is 36.3 Å². The summed E-state index contributed by atoms with van der Waals surface area (Å²) in [4.78, 5) is 15.8. The number of rotatable bonds is 7. The van der Waals surface area contributed by atoms with E-state index < -0.39 is 16.1 Å². The number of nitrogens with one attached hydrogen (secondary N) is 4. The van der Waals surface area contributed by atoms with Crippen molar-refractivity contribution in [2.75, 3.05) is 0 Å². The molecular weight excluding hydrogens is 857 g/mol. The summed E-state index contributed by atoms with van der Waals surface area (Å²) in [6.07, 6.45) is 0. The number of aromatic amines is 4. The lowest BCUT2D eigenvalue weighted by atomic mass is 10.0. The zero-order valence-electron chi connectivity index (χ0n) is 41.6. The van der Waals surface area contributed by atoms with Crippen molar-refractivity contribution in [3.8, 4) is 22.9 Å². The third-order valence-corrected chi connectivity index (χ3v) is 21.0. The molecule has 340 valence electrons. The Labute approximate surface area is 405 Å². The van der Waals surface area contributed by atoms with Gasteiger partial charge in [-0.05, 0) is 126 Å². The minimum absolute atomic E-state index is 0.573. The van der Waals surface area contributed by atoms with Gasteiger partial charge in [0.2, 0.25) is 0 Å². The van der Waals surface area contributed by atoms with E-state index in [9.17, 15) is 0 Å². The second-order valence-electron chi connectivity index (χ2n) is 20.7. The van der Waals surface area contributed by atoms with Crippen LogP contribution in [0.5, 0.6) is 0 Å². The van der Waals surface area contributed by atoms with Crippen LogP contribution in [0.3, 0.4) is 0 Å². The van der Waals surface area contributed by atoms with Crippen LogP contribution < -0.4 is 21.4 Å². The maximum absolute atomic E-state index is 3.96. The zero-order chi connectivity index (χ0) is 47.9. The van der Waals surface area contributed by atoms with Crippen molar-refractivity contribution in [2.24, 2.45) is 0 Å². The highest BCUT2D eigenvalue weighted by atomic mass is 28.3. The third kappa shape index (κ3) is 9.20.